The monoisotopic (exact) mass is 486 g/mol. The lowest BCUT2D eigenvalue weighted by Crippen LogP contribution is -2.19. The Morgan fingerprint density at radius 2 is 1.94 bits per heavy atom. The van der Waals surface area contributed by atoms with Gasteiger partial charge in [-0.05, 0) is 67.5 Å². The molecule has 1 saturated carbocycles. The summed E-state index contributed by atoms with van der Waals surface area (Å²) < 4.78 is 33.1. The minimum Gasteiger partial charge on any atom is -0.497 e. The summed E-state index contributed by atoms with van der Waals surface area (Å²) >= 11 is 5.34. The van der Waals surface area contributed by atoms with Crippen LogP contribution in [-0.4, -0.2) is 41.4 Å². The van der Waals surface area contributed by atoms with Crippen molar-refractivity contribution in [1.82, 2.24) is 14.8 Å². The van der Waals surface area contributed by atoms with Crippen LogP contribution in [0.25, 0.3) is 11.4 Å². The minimum absolute atomic E-state index is 0.149. The average Bonchev–Trinajstić information content (AvgIpc) is 3.49. The van der Waals surface area contributed by atoms with E-state index in [4.69, 9.17) is 17.0 Å². The van der Waals surface area contributed by atoms with Crippen molar-refractivity contribution in [3.8, 4) is 17.1 Å². The van der Waals surface area contributed by atoms with E-state index in [1.165, 1.54) is 6.07 Å². The van der Waals surface area contributed by atoms with E-state index in [1.807, 2.05) is 24.3 Å². The number of carbonyl (C=O) groups excluding carboxylic acids is 1. The fourth-order valence-corrected chi connectivity index (χ4v) is 6.19. The van der Waals surface area contributed by atoms with Gasteiger partial charge in [-0.2, -0.15) is 5.10 Å². The van der Waals surface area contributed by atoms with Gasteiger partial charge < -0.3 is 10.1 Å². The van der Waals surface area contributed by atoms with E-state index in [1.54, 1.807) is 29.9 Å². The highest BCUT2D eigenvalue weighted by Crippen LogP contribution is 2.30. The van der Waals surface area contributed by atoms with Gasteiger partial charge in [0.15, 0.2) is 20.4 Å². The zero-order valence-corrected chi connectivity index (χ0v) is 19.9. The molecule has 4 rings (SSSR count). The number of amides is 1. The normalized spacial score (nSPS) is 14.3. The lowest BCUT2D eigenvalue weighted by atomic mass is 10.2. The Morgan fingerprint density at radius 1 is 1.21 bits per heavy atom. The molecule has 0 aliphatic heterocycles. The van der Waals surface area contributed by atoms with Crippen LogP contribution < -0.4 is 10.1 Å². The van der Waals surface area contributed by atoms with Gasteiger partial charge in [-0.1, -0.05) is 18.9 Å². The number of aromatic amines is 1. The standard InChI is InChI=1S/C23H26N4O4S2/c1-31-18-11-9-16(10-12-18)22-25-26-23(32)27(22)14-13-21(28)24-17-5-4-8-20(15-17)33(29,30)19-6-2-3-7-19/h4-5,8-12,15,19H,2-3,6-7,13-14H2,1H3,(H,24,28)(H,26,32). The van der Waals surface area contributed by atoms with E-state index >= 15 is 0 Å². The van der Waals surface area contributed by atoms with Gasteiger partial charge in [-0.3, -0.25) is 14.5 Å². The van der Waals surface area contributed by atoms with Gasteiger partial charge in [0.2, 0.25) is 5.91 Å². The molecule has 1 fully saturated rings. The summed E-state index contributed by atoms with van der Waals surface area (Å²) in [5, 5.41) is 9.53. The van der Waals surface area contributed by atoms with Crippen molar-refractivity contribution in [2.45, 2.75) is 48.8 Å². The van der Waals surface area contributed by atoms with Crippen molar-refractivity contribution in [3.05, 3.63) is 53.3 Å². The molecule has 8 nitrogen and oxygen atoms in total. The Hall–Kier alpha value is -2.98. The highest BCUT2D eigenvalue weighted by molar-refractivity contribution is 7.92. The quantitative estimate of drug-likeness (QED) is 0.458. The first-order chi connectivity index (χ1) is 15.9. The summed E-state index contributed by atoms with van der Waals surface area (Å²) in [6, 6.07) is 13.9. The highest BCUT2D eigenvalue weighted by Gasteiger charge is 2.30. The summed E-state index contributed by atoms with van der Waals surface area (Å²) in [6.07, 6.45) is 3.42. The maximum absolute atomic E-state index is 12.9. The average molecular weight is 487 g/mol. The first kappa shape index (κ1) is 23.2. The number of sulfone groups is 1. The second kappa shape index (κ2) is 9.88. The van der Waals surface area contributed by atoms with Crippen LogP contribution >= 0.6 is 12.2 Å². The van der Waals surface area contributed by atoms with Gasteiger partial charge in [0, 0.05) is 24.2 Å². The number of hydrogen-bond acceptors (Lipinski definition) is 6. The van der Waals surface area contributed by atoms with Crippen molar-refractivity contribution in [2.75, 3.05) is 12.4 Å². The van der Waals surface area contributed by atoms with Crippen LogP contribution in [0.1, 0.15) is 32.1 Å². The molecule has 3 aromatic rings. The van der Waals surface area contributed by atoms with Crippen molar-refractivity contribution in [2.24, 2.45) is 0 Å². The number of H-pyrrole nitrogens is 1. The van der Waals surface area contributed by atoms with E-state index in [0.717, 1.165) is 24.2 Å². The molecule has 1 aromatic heterocycles. The van der Waals surface area contributed by atoms with Gasteiger partial charge in [0.1, 0.15) is 5.75 Å². The van der Waals surface area contributed by atoms with Crippen LogP contribution in [-0.2, 0) is 21.2 Å². The Morgan fingerprint density at radius 3 is 2.64 bits per heavy atom. The fourth-order valence-electron chi connectivity index (χ4n) is 4.06. The number of nitrogens with zero attached hydrogens (tertiary/aromatic N) is 2. The summed E-state index contributed by atoms with van der Waals surface area (Å²) in [5.74, 6) is 1.12. The second-order valence-corrected chi connectivity index (χ2v) is 10.6. The Kier molecular flexibility index (Phi) is 6.94. The van der Waals surface area contributed by atoms with Gasteiger partial charge in [0.25, 0.3) is 0 Å². The topological polar surface area (TPSA) is 106 Å². The summed E-state index contributed by atoms with van der Waals surface area (Å²) in [7, 11) is -1.78. The van der Waals surface area contributed by atoms with Gasteiger partial charge in [-0.25, -0.2) is 8.42 Å². The number of rotatable bonds is 8. The van der Waals surface area contributed by atoms with Crippen LogP contribution in [0, 0.1) is 4.77 Å². The molecule has 0 unspecified atom stereocenters. The molecule has 10 heteroatoms. The first-order valence-electron chi connectivity index (χ1n) is 10.8. The van der Waals surface area contributed by atoms with Crippen LogP contribution in [0.5, 0.6) is 5.75 Å². The maximum atomic E-state index is 12.9. The van der Waals surface area contributed by atoms with Crippen LogP contribution in [0.4, 0.5) is 5.69 Å². The van der Waals surface area contributed by atoms with Gasteiger partial charge >= 0.3 is 0 Å². The molecule has 2 N–H and O–H groups in total. The van der Waals surface area contributed by atoms with Crippen LogP contribution in [0.2, 0.25) is 0 Å². The molecule has 1 aliphatic carbocycles. The molecule has 0 atom stereocenters. The number of carbonyl (C=O) groups is 1. The van der Waals surface area contributed by atoms with Crippen LogP contribution in [0.15, 0.2) is 53.4 Å². The molecule has 2 aromatic carbocycles. The third-order valence-corrected chi connectivity index (χ3v) is 8.43. The highest BCUT2D eigenvalue weighted by atomic mass is 32.2. The van der Waals surface area contributed by atoms with E-state index in [-0.39, 0.29) is 22.5 Å². The number of ether oxygens (including phenoxy) is 1. The molecular weight excluding hydrogens is 460 g/mol. The van der Waals surface area contributed by atoms with Gasteiger partial charge in [-0.15, -0.1) is 0 Å². The van der Waals surface area contributed by atoms with Crippen molar-refractivity contribution in [1.29, 1.82) is 0 Å². The number of benzene rings is 2. The Labute approximate surface area is 197 Å². The third-order valence-electron chi connectivity index (χ3n) is 5.86. The molecule has 0 saturated heterocycles. The Bertz CT molecular complexity index is 1290. The molecule has 33 heavy (non-hydrogen) atoms. The largest absolute Gasteiger partial charge is 0.497 e. The number of anilines is 1. The zero-order chi connectivity index (χ0) is 23.4. The third kappa shape index (κ3) is 5.17. The Balaban J connectivity index is 1.43. The molecule has 0 bridgehead atoms. The lowest BCUT2D eigenvalue weighted by Gasteiger charge is -2.13. The van der Waals surface area contributed by atoms with E-state index < -0.39 is 9.84 Å². The number of nitrogens with one attached hydrogen (secondary N) is 2. The smallest absolute Gasteiger partial charge is 0.226 e. The molecule has 0 spiro atoms. The van der Waals surface area contributed by atoms with Gasteiger partial charge in [0.05, 0.1) is 17.3 Å². The molecule has 1 heterocycles. The number of hydrogen-bond donors (Lipinski definition) is 2. The second-order valence-electron chi connectivity index (χ2n) is 8.01. The SMILES string of the molecule is COc1ccc(-c2n[nH]c(=S)n2CCC(=O)Nc2cccc(S(=O)(=O)C3CCCC3)c2)cc1. The maximum Gasteiger partial charge on any atom is 0.226 e. The summed E-state index contributed by atoms with van der Waals surface area (Å²) in [6.45, 7) is 0.322. The molecular formula is C23H26N4O4S2. The minimum atomic E-state index is -3.38. The molecule has 1 amide bonds. The predicted octanol–water partition coefficient (Wildman–Crippen LogP) is 4.36. The van der Waals surface area contributed by atoms with E-state index in [9.17, 15) is 13.2 Å². The number of methoxy groups -OCH3 is 1. The molecule has 1 aliphatic rings. The predicted molar refractivity (Wildman–Crippen MR) is 129 cm³/mol. The van der Waals surface area contributed by atoms with Crippen molar-refractivity contribution < 1.29 is 17.9 Å². The zero-order valence-electron chi connectivity index (χ0n) is 18.3. The molecule has 0 radical (unpaired) electrons. The number of aromatic nitrogens is 3. The van der Waals surface area contributed by atoms with E-state index in [2.05, 4.69) is 15.5 Å². The fraction of sp³-hybridized carbons (Fsp3) is 0.348. The summed E-state index contributed by atoms with van der Waals surface area (Å²) in [4.78, 5) is 12.9. The van der Waals surface area contributed by atoms with Crippen molar-refractivity contribution in [3.63, 3.8) is 0 Å². The van der Waals surface area contributed by atoms with E-state index in [0.29, 0.717) is 35.7 Å². The first-order valence-corrected chi connectivity index (χ1v) is 12.8. The van der Waals surface area contributed by atoms with Crippen LogP contribution in [0.3, 0.4) is 0 Å². The van der Waals surface area contributed by atoms with Crippen molar-refractivity contribution >= 4 is 33.6 Å². The molecule has 174 valence electrons. The summed E-state index contributed by atoms with van der Waals surface area (Å²) in [5.41, 5.74) is 1.30. The lowest BCUT2D eigenvalue weighted by molar-refractivity contribution is -0.116.